The molecule has 0 unspecified atom stereocenters. The lowest BCUT2D eigenvalue weighted by Crippen LogP contribution is -2.18. The van der Waals surface area contributed by atoms with E-state index >= 15 is 0 Å². The number of H-pyrrole nitrogens is 1. The fourth-order valence-electron chi connectivity index (χ4n) is 3.63. The monoisotopic (exact) mass is 395 g/mol. The van der Waals surface area contributed by atoms with E-state index < -0.39 is 0 Å². The Labute approximate surface area is 173 Å². The third-order valence-corrected chi connectivity index (χ3v) is 5.14. The molecule has 5 heteroatoms. The van der Waals surface area contributed by atoms with E-state index in [1.165, 1.54) is 0 Å². The number of benzene rings is 3. The highest BCUT2D eigenvalue weighted by Crippen LogP contribution is 2.23. The molecule has 0 fully saturated rings. The molecular formula is C25H21N3O2. The topological polar surface area (TPSA) is 59.0 Å². The molecule has 0 radical (unpaired) electrons. The molecule has 0 aliphatic rings. The third kappa shape index (κ3) is 3.78. The van der Waals surface area contributed by atoms with E-state index in [-0.39, 0.29) is 12.5 Å². The minimum atomic E-state index is -0.0668. The first kappa shape index (κ1) is 18.1. The van der Waals surface area contributed by atoms with Gasteiger partial charge in [-0.15, -0.1) is 0 Å². The van der Waals surface area contributed by atoms with E-state index in [1.807, 2.05) is 95.8 Å². The number of nitrogens with zero attached hydrogens (tertiary/aromatic N) is 1. The van der Waals surface area contributed by atoms with Crippen molar-refractivity contribution in [1.82, 2.24) is 9.55 Å². The maximum Gasteiger partial charge on any atom is 0.244 e. The number of carbonyl (C=O) groups excluding carboxylic acids is 1. The molecule has 0 saturated heterocycles. The number of aromatic nitrogens is 2. The second kappa shape index (κ2) is 7.79. The summed E-state index contributed by atoms with van der Waals surface area (Å²) in [5, 5.41) is 5.14. The van der Waals surface area contributed by atoms with Gasteiger partial charge in [-0.3, -0.25) is 4.79 Å². The molecule has 0 bridgehead atoms. The number of ether oxygens (including phenoxy) is 1. The molecule has 0 aliphatic carbocycles. The SMILES string of the molecule is O=C(Cn1ccc2cc(OCc3ccccc3)ccc21)Nc1ccc2cc[nH]c2c1. The zero-order valence-corrected chi connectivity index (χ0v) is 16.3. The molecule has 0 spiro atoms. The Morgan fingerprint density at radius 1 is 0.933 bits per heavy atom. The molecule has 30 heavy (non-hydrogen) atoms. The Balaban J connectivity index is 1.26. The number of fused-ring (bicyclic) bond motifs is 2. The summed E-state index contributed by atoms with van der Waals surface area (Å²) in [6.45, 7) is 0.775. The van der Waals surface area contributed by atoms with Crippen molar-refractivity contribution in [3.63, 3.8) is 0 Å². The molecule has 0 atom stereocenters. The number of anilines is 1. The molecule has 148 valence electrons. The highest BCUT2D eigenvalue weighted by molar-refractivity contribution is 5.94. The Hall–Kier alpha value is -3.99. The summed E-state index contributed by atoms with van der Waals surface area (Å²) in [5.74, 6) is 0.746. The fourth-order valence-corrected chi connectivity index (χ4v) is 3.63. The van der Waals surface area contributed by atoms with Gasteiger partial charge >= 0.3 is 0 Å². The average molecular weight is 395 g/mol. The van der Waals surface area contributed by atoms with Gasteiger partial charge in [0.15, 0.2) is 0 Å². The number of hydrogen-bond acceptors (Lipinski definition) is 2. The van der Waals surface area contributed by atoms with Crippen LogP contribution in [-0.4, -0.2) is 15.5 Å². The number of nitrogens with one attached hydrogen (secondary N) is 2. The van der Waals surface area contributed by atoms with Crippen LogP contribution in [0.5, 0.6) is 5.75 Å². The quantitative estimate of drug-likeness (QED) is 0.408. The number of hydrogen-bond donors (Lipinski definition) is 2. The molecule has 2 N–H and O–H groups in total. The summed E-state index contributed by atoms with van der Waals surface area (Å²) >= 11 is 0. The van der Waals surface area contributed by atoms with Gasteiger partial charge < -0.3 is 19.6 Å². The first-order valence-electron chi connectivity index (χ1n) is 9.87. The van der Waals surface area contributed by atoms with Crippen molar-refractivity contribution in [3.05, 3.63) is 96.8 Å². The van der Waals surface area contributed by atoms with Crippen molar-refractivity contribution in [1.29, 1.82) is 0 Å². The molecule has 2 aromatic heterocycles. The lowest BCUT2D eigenvalue weighted by molar-refractivity contribution is -0.116. The van der Waals surface area contributed by atoms with E-state index in [1.54, 1.807) is 0 Å². The number of aromatic amines is 1. The van der Waals surface area contributed by atoms with E-state index in [0.717, 1.165) is 38.8 Å². The normalized spacial score (nSPS) is 11.1. The van der Waals surface area contributed by atoms with Crippen LogP contribution in [0.3, 0.4) is 0 Å². The van der Waals surface area contributed by atoms with Gasteiger partial charge in [0.2, 0.25) is 5.91 Å². The van der Waals surface area contributed by atoms with E-state index in [9.17, 15) is 4.79 Å². The average Bonchev–Trinajstić information content (AvgIpc) is 3.39. The van der Waals surface area contributed by atoms with Gasteiger partial charge in [0.25, 0.3) is 0 Å². The van der Waals surface area contributed by atoms with Gasteiger partial charge in [-0.05, 0) is 53.4 Å². The Kier molecular flexibility index (Phi) is 4.69. The summed E-state index contributed by atoms with van der Waals surface area (Å²) in [5.41, 5.74) is 3.91. The standard InChI is InChI=1S/C25H21N3O2/c29-25(27-21-7-6-19-10-12-26-23(19)15-21)16-28-13-11-20-14-22(8-9-24(20)28)30-17-18-4-2-1-3-5-18/h1-15,26H,16-17H2,(H,27,29). The van der Waals surface area contributed by atoms with Crippen molar-refractivity contribution in [2.75, 3.05) is 5.32 Å². The Bertz CT molecular complexity index is 1320. The molecule has 5 nitrogen and oxygen atoms in total. The molecule has 2 heterocycles. The van der Waals surface area contributed by atoms with Gasteiger partial charge in [0.05, 0.1) is 0 Å². The molecular weight excluding hydrogens is 374 g/mol. The van der Waals surface area contributed by atoms with Crippen LogP contribution >= 0.6 is 0 Å². The van der Waals surface area contributed by atoms with Crippen LogP contribution in [0.15, 0.2) is 91.3 Å². The Morgan fingerprint density at radius 3 is 2.73 bits per heavy atom. The number of amides is 1. The predicted octanol–water partition coefficient (Wildman–Crippen LogP) is 5.34. The van der Waals surface area contributed by atoms with Crippen LogP contribution in [0.2, 0.25) is 0 Å². The molecule has 0 saturated carbocycles. The molecule has 3 aromatic carbocycles. The summed E-state index contributed by atoms with van der Waals surface area (Å²) in [6, 6.07) is 25.9. The van der Waals surface area contributed by atoms with Crippen LogP contribution in [0.4, 0.5) is 5.69 Å². The summed E-state index contributed by atoms with van der Waals surface area (Å²) < 4.78 is 7.85. The lowest BCUT2D eigenvalue weighted by Gasteiger charge is -2.09. The van der Waals surface area contributed by atoms with Gasteiger partial charge in [-0.1, -0.05) is 36.4 Å². The van der Waals surface area contributed by atoms with E-state index in [0.29, 0.717) is 6.61 Å². The molecule has 5 rings (SSSR count). The lowest BCUT2D eigenvalue weighted by atomic mass is 10.2. The third-order valence-electron chi connectivity index (χ3n) is 5.14. The maximum atomic E-state index is 12.6. The predicted molar refractivity (Wildman–Crippen MR) is 120 cm³/mol. The summed E-state index contributed by atoms with van der Waals surface area (Å²) in [4.78, 5) is 15.7. The molecule has 5 aromatic rings. The summed E-state index contributed by atoms with van der Waals surface area (Å²) in [7, 11) is 0. The van der Waals surface area contributed by atoms with Gasteiger partial charge in [0, 0.05) is 34.5 Å². The van der Waals surface area contributed by atoms with Crippen LogP contribution in [0, 0.1) is 0 Å². The van der Waals surface area contributed by atoms with Crippen LogP contribution in [0.1, 0.15) is 5.56 Å². The number of rotatable bonds is 6. The number of carbonyl (C=O) groups is 1. The smallest absolute Gasteiger partial charge is 0.244 e. The highest BCUT2D eigenvalue weighted by atomic mass is 16.5. The molecule has 1 amide bonds. The summed E-state index contributed by atoms with van der Waals surface area (Å²) in [6.07, 6.45) is 3.82. The first-order chi connectivity index (χ1) is 14.7. The van der Waals surface area contributed by atoms with Crippen LogP contribution < -0.4 is 10.1 Å². The van der Waals surface area contributed by atoms with Gasteiger partial charge in [-0.2, -0.15) is 0 Å². The van der Waals surface area contributed by atoms with Gasteiger partial charge in [0.1, 0.15) is 18.9 Å². The van der Waals surface area contributed by atoms with Crippen molar-refractivity contribution < 1.29 is 9.53 Å². The van der Waals surface area contributed by atoms with Crippen molar-refractivity contribution in [2.45, 2.75) is 13.2 Å². The van der Waals surface area contributed by atoms with Crippen molar-refractivity contribution >= 4 is 33.4 Å². The minimum Gasteiger partial charge on any atom is -0.489 e. The largest absolute Gasteiger partial charge is 0.489 e. The minimum absolute atomic E-state index is 0.0668. The second-order valence-corrected chi connectivity index (χ2v) is 7.27. The first-order valence-corrected chi connectivity index (χ1v) is 9.87. The zero-order chi connectivity index (χ0) is 20.3. The fraction of sp³-hybridized carbons (Fsp3) is 0.0800. The van der Waals surface area contributed by atoms with Crippen LogP contribution in [-0.2, 0) is 17.9 Å². The van der Waals surface area contributed by atoms with Gasteiger partial charge in [-0.25, -0.2) is 0 Å². The van der Waals surface area contributed by atoms with E-state index in [4.69, 9.17) is 4.74 Å². The maximum absolute atomic E-state index is 12.6. The highest BCUT2D eigenvalue weighted by Gasteiger charge is 2.09. The molecule has 0 aliphatic heterocycles. The van der Waals surface area contributed by atoms with E-state index in [2.05, 4.69) is 10.3 Å². The Morgan fingerprint density at radius 2 is 1.83 bits per heavy atom. The van der Waals surface area contributed by atoms with Crippen LogP contribution in [0.25, 0.3) is 21.8 Å². The van der Waals surface area contributed by atoms with Crippen molar-refractivity contribution in [3.8, 4) is 5.75 Å². The van der Waals surface area contributed by atoms with Crippen molar-refractivity contribution in [2.24, 2.45) is 0 Å². The zero-order valence-electron chi connectivity index (χ0n) is 16.3. The second-order valence-electron chi connectivity index (χ2n) is 7.27.